The molecule has 0 saturated carbocycles. The van der Waals surface area contributed by atoms with Crippen molar-refractivity contribution in [1.29, 1.82) is 0 Å². The zero-order valence-electron chi connectivity index (χ0n) is 8.90. The molecule has 0 aliphatic heterocycles. The van der Waals surface area contributed by atoms with Crippen molar-refractivity contribution in [3.8, 4) is 0 Å². The zero-order valence-corrected chi connectivity index (χ0v) is 8.90. The molecule has 1 aromatic rings. The third-order valence-corrected chi connectivity index (χ3v) is 1.97. The predicted molar refractivity (Wildman–Crippen MR) is 55.7 cm³/mol. The number of carbonyl (C=O) groups excluding carboxylic acids is 1. The lowest BCUT2D eigenvalue weighted by Gasteiger charge is -2.11. The number of aliphatic carboxylic acids is 1. The first-order chi connectivity index (χ1) is 7.59. The van der Waals surface area contributed by atoms with Gasteiger partial charge in [-0.2, -0.15) is 0 Å². The number of hydrogen-bond acceptors (Lipinski definition) is 4. The maximum Gasteiger partial charge on any atom is 0.317 e. The lowest BCUT2D eigenvalue weighted by molar-refractivity contribution is -0.136. The molecule has 88 valence electrons. The van der Waals surface area contributed by atoms with Gasteiger partial charge in [-0.25, -0.2) is 0 Å². The van der Waals surface area contributed by atoms with Crippen LogP contribution in [0.1, 0.15) is 12.7 Å². The highest BCUT2D eigenvalue weighted by atomic mass is 16.4. The lowest BCUT2D eigenvalue weighted by Crippen LogP contribution is -2.43. The van der Waals surface area contributed by atoms with Crippen molar-refractivity contribution in [3.63, 3.8) is 0 Å². The molecule has 3 N–H and O–H groups in total. The molecule has 0 radical (unpaired) electrons. The fourth-order valence-electron chi connectivity index (χ4n) is 1.07. The van der Waals surface area contributed by atoms with Crippen LogP contribution in [0.5, 0.6) is 0 Å². The van der Waals surface area contributed by atoms with Crippen LogP contribution in [-0.2, 0) is 16.1 Å². The summed E-state index contributed by atoms with van der Waals surface area (Å²) in [6, 6.07) is 2.93. The minimum absolute atomic E-state index is 0.241. The van der Waals surface area contributed by atoms with Crippen LogP contribution in [0.3, 0.4) is 0 Å². The number of rotatable bonds is 6. The van der Waals surface area contributed by atoms with Gasteiger partial charge in [0.05, 0.1) is 25.4 Å². The molecule has 0 saturated heterocycles. The highest BCUT2D eigenvalue weighted by Crippen LogP contribution is 1.98. The first kappa shape index (κ1) is 12.3. The van der Waals surface area contributed by atoms with Crippen molar-refractivity contribution in [3.05, 3.63) is 24.2 Å². The van der Waals surface area contributed by atoms with Crippen LogP contribution >= 0.6 is 0 Å². The van der Waals surface area contributed by atoms with Crippen LogP contribution in [0.25, 0.3) is 0 Å². The minimum Gasteiger partial charge on any atom is -0.480 e. The van der Waals surface area contributed by atoms with Gasteiger partial charge in [-0.1, -0.05) is 0 Å². The van der Waals surface area contributed by atoms with Gasteiger partial charge in [-0.15, -0.1) is 0 Å². The van der Waals surface area contributed by atoms with Crippen molar-refractivity contribution < 1.29 is 19.1 Å². The number of carboxylic acids is 1. The van der Waals surface area contributed by atoms with Gasteiger partial charge in [0.2, 0.25) is 5.91 Å². The van der Waals surface area contributed by atoms with Gasteiger partial charge >= 0.3 is 5.97 Å². The zero-order chi connectivity index (χ0) is 12.0. The molecule has 6 nitrogen and oxygen atoms in total. The van der Waals surface area contributed by atoms with Crippen molar-refractivity contribution in [2.24, 2.45) is 0 Å². The maximum atomic E-state index is 11.4. The molecule has 0 spiro atoms. The number of hydrogen-bond donors (Lipinski definition) is 3. The van der Waals surface area contributed by atoms with Crippen molar-refractivity contribution in [1.82, 2.24) is 10.6 Å². The Hall–Kier alpha value is -1.82. The van der Waals surface area contributed by atoms with Gasteiger partial charge in [0.15, 0.2) is 0 Å². The van der Waals surface area contributed by atoms with Crippen LogP contribution < -0.4 is 10.6 Å². The van der Waals surface area contributed by atoms with E-state index in [9.17, 15) is 9.59 Å². The van der Waals surface area contributed by atoms with Crippen LogP contribution in [0.15, 0.2) is 22.8 Å². The van der Waals surface area contributed by atoms with Gasteiger partial charge in [-0.3, -0.25) is 14.9 Å². The third kappa shape index (κ3) is 4.14. The van der Waals surface area contributed by atoms with Crippen LogP contribution in [0.2, 0.25) is 0 Å². The van der Waals surface area contributed by atoms with Crippen molar-refractivity contribution in [2.45, 2.75) is 19.5 Å². The molecule has 1 aromatic heterocycles. The molecule has 1 unspecified atom stereocenters. The fraction of sp³-hybridized carbons (Fsp3) is 0.400. The number of furan rings is 1. The van der Waals surface area contributed by atoms with E-state index >= 15 is 0 Å². The van der Waals surface area contributed by atoms with Gasteiger partial charge in [0, 0.05) is 0 Å². The average molecular weight is 226 g/mol. The van der Waals surface area contributed by atoms with Crippen LogP contribution in [0.4, 0.5) is 0 Å². The Bertz CT molecular complexity index is 348. The number of amides is 1. The predicted octanol–water partition coefficient (Wildman–Crippen LogP) is -0.0415. The number of carbonyl (C=O) groups is 2. The summed E-state index contributed by atoms with van der Waals surface area (Å²) in [4.78, 5) is 21.7. The standard InChI is InChI=1S/C10H14N2O4/c1-7(11-6-9(13)14)10(15)12-5-8-3-2-4-16-8/h2-4,7,11H,5-6H2,1H3,(H,12,15)(H,13,14). The van der Waals surface area contributed by atoms with E-state index in [1.165, 1.54) is 6.26 Å². The van der Waals surface area contributed by atoms with E-state index in [4.69, 9.17) is 9.52 Å². The average Bonchev–Trinajstić information content (AvgIpc) is 2.75. The Labute approximate surface area is 92.6 Å². The quantitative estimate of drug-likeness (QED) is 0.633. The van der Waals surface area contributed by atoms with Gasteiger partial charge in [0.1, 0.15) is 5.76 Å². The van der Waals surface area contributed by atoms with E-state index in [1.54, 1.807) is 19.1 Å². The molecule has 0 aliphatic carbocycles. The summed E-state index contributed by atoms with van der Waals surface area (Å²) >= 11 is 0. The Morgan fingerprint density at radius 3 is 2.88 bits per heavy atom. The summed E-state index contributed by atoms with van der Waals surface area (Å²) < 4.78 is 5.03. The van der Waals surface area contributed by atoms with E-state index in [2.05, 4.69) is 10.6 Å². The topological polar surface area (TPSA) is 91.6 Å². The summed E-state index contributed by atoms with van der Waals surface area (Å²) in [6.07, 6.45) is 1.52. The van der Waals surface area contributed by atoms with E-state index < -0.39 is 12.0 Å². The van der Waals surface area contributed by atoms with E-state index in [0.717, 1.165) is 0 Å². The Kier molecular flexibility index (Phi) is 4.53. The molecule has 1 amide bonds. The molecule has 1 atom stereocenters. The minimum atomic E-state index is -0.995. The summed E-state index contributed by atoms with van der Waals surface area (Å²) in [7, 11) is 0. The van der Waals surface area contributed by atoms with Crippen LogP contribution in [-0.4, -0.2) is 29.6 Å². The summed E-state index contributed by atoms with van der Waals surface area (Å²) in [5, 5.41) is 13.6. The van der Waals surface area contributed by atoms with Gasteiger partial charge in [-0.05, 0) is 19.1 Å². The fourth-order valence-corrected chi connectivity index (χ4v) is 1.07. The van der Waals surface area contributed by atoms with Crippen molar-refractivity contribution >= 4 is 11.9 Å². The Morgan fingerprint density at radius 1 is 1.56 bits per heavy atom. The molecule has 0 bridgehead atoms. The molecule has 6 heteroatoms. The highest BCUT2D eigenvalue weighted by Gasteiger charge is 2.13. The second kappa shape index (κ2) is 5.92. The van der Waals surface area contributed by atoms with E-state index in [1.807, 2.05) is 0 Å². The molecule has 0 fully saturated rings. The Morgan fingerprint density at radius 2 is 2.31 bits per heavy atom. The molecular weight excluding hydrogens is 212 g/mol. The third-order valence-electron chi connectivity index (χ3n) is 1.97. The summed E-state index contributed by atoms with van der Waals surface area (Å²) in [5.41, 5.74) is 0. The molecule has 0 aliphatic rings. The van der Waals surface area contributed by atoms with Gasteiger partial charge < -0.3 is 14.8 Å². The first-order valence-electron chi connectivity index (χ1n) is 4.85. The van der Waals surface area contributed by atoms with Crippen LogP contribution in [0, 0.1) is 0 Å². The second-order valence-corrected chi connectivity index (χ2v) is 3.29. The maximum absolute atomic E-state index is 11.4. The Balaban J connectivity index is 2.26. The van der Waals surface area contributed by atoms with Gasteiger partial charge in [0.25, 0.3) is 0 Å². The lowest BCUT2D eigenvalue weighted by atomic mass is 10.3. The van der Waals surface area contributed by atoms with Crippen molar-refractivity contribution in [2.75, 3.05) is 6.54 Å². The molecular formula is C10H14N2O4. The molecule has 1 rings (SSSR count). The molecule has 16 heavy (non-hydrogen) atoms. The number of nitrogens with one attached hydrogen (secondary N) is 2. The smallest absolute Gasteiger partial charge is 0.317 e. The first-order valence-corrected chi connectivity index (χ1v) is 4.85. The summed E-state index contributed by atoms with van der Waals surface area (Å²) in [5.74, 6) is -0.609. The molecule has 1 heterocycles. The normalized spacial score (nSPS) is 12.1. The number of carboxylic acid groups (broad SMARTS) is 1. The van der Waals surface area contributed by atoms with E-state index in [0.29, 0.717) is 12.3 Å². The summed E-state index contributed by atoms with van der Waals surface area (Å²) in [6.45, 7) is 1.65. The molecule has 0 aromatic carbocycles. The monoisotopic (exact) mass is 226 g/mol. The second-order valence-electron chi connectivity index (χ2n) is 3.29. The largest absolute Gasteiger partial charge is 0.480 e. The highest BCUT2D eigenvalue weighted by molar-refractivity contribution is 5.82. The van der Waals surface area contributed by atoms with E-state index in [-0.39, 0.29) is 12.5 Å². The SMILES string of the molecule is CC(NCC(=O)O)C(=O)NCc1ccco1.